The second-order valence-corrected chi connectivity index (χ2v) is 3.13. The smallest absolute Gasteiger partial charge is 0.0127 e. The summed E-state index contributed by atoms with van der Waals surface area (Å²) in [5, 5.41) is 0. The van der Waals surface area contributed by atoms with Gasteiger partial charge in [0.05, 0.1) is 0 Å². The number of hydrogen-bond acceptors (Lipinski definition) is 0. The first-order valence-corrected chi connectivity index (χ1v) is 4.23. The van der Waals surface area contributed by atoms with E-state index in [1.165, 1.54) is 16.7 Å². The van der Waals surface area contributed by atoms with Gasteiger partial charge in [-0.3, -0.25) is 0 Å². The Bertz CT molecular complexity index is 302. The topological polar surface area (TPSA) is 0 Å². The fourth-order valence-electron chi connectivity index (χ4n) is 1.28. The zero-order valence-corrected chi connectivity index (χ0v) is 7.72. The van der Waals surface area contributed by atoms with E-state index in [0.717, 1.165) is 12.8 Å². The van der Waals surface area contributed by atoms with Gasteiger partial charge in [-0.15, -0.1) is 12.3 Å². The lowest BCUT2D eigenvalue weighted by Crippen LogP contribution is -1.89. The largest absolute Gasteiger partial charge is 0.120 e. The van der Waals surface area contributed by atoms with E-state index < -0.39 is 0 Å². The molecule has 0 heteroatoms. The lowest BCUT2D eigenvalue weighted by Gasteiger charge is -2.04. The Morgan fingerprint density at radius 2 is 2.08 bits per heavy atom. The van der Waals surface area contributed by atoms with Crippen LogP contribution in [0.3, 0.4) is 0 Å². The number of hydrogen-bond donors (Lipinski definition) is 0. The van der Waals surface area contributed by atoms with E-state index in [1.807, 2.05) is 0 Å². The van der Waals surface area contributed by atoms with E-state index >= 15 is 0 Å². The third kappa shape index (κ3) is 2.13. The first-order chi connectivity index (χ1) is 5.74. The first kappa shape index (κ1) is 8.87. The van der Waals surface area contributed by atoms with Crippen LogP contribution in [-0.4, -0.2) is 0 Å². The molecule has 0 fully saturated rings. The van der Waals surface area contributed by atoms with E-state index in [1.54, 1.807) is 0 Å². The number of terminal acetylenes is 1. The molecule has 12 heavy (non-hydrogen) atoms. The fraction of sp³-hybridized carbons (Fsp3) is 0.333. The van der Waals surface area contributed by atoms with Crippen molar-refractivity contribution >= 4 is 0 Å². The molecule has 62 valence electrons. The van der Waals surface area contributed by atoms with Gasteiger partial charge in [0.15, 0.2) is 0 Å². The minimum Gasteiger partial charge on any atom is -0.120 e. The van der Waals surface area contributed by atoms with Crippen molar-refractivity contribution < 1.29 is 0 Å². The molecule has 0 heterocycles. The molecule has 0 aliphatic carbocycles. The molecule has 0 radical (unpaired) electrons. The highest BCUT2D eigenvalue weighted by atomic mass is 14.0. The van der Waals surface area contributed by atoms with Crippen LogP contribution >= 0.6 is 0 Å². The summed E-state index contributed by atoms with van der Waals surface area (Å²) in [6.07, 6.45) is 7.06. The highest BCUT2D eigenvalue weighted by Gasteiger charge is 1.96. The molecule has 0 aliphatic rings. The van der Waals surface area contributed by atoms with Crippen LogP contribution in [0.2, 0.25) is 0 Å². The maximum atomic E-state index is 5.21. The summed E-state index contributed by atoms with van der Waals surface area (Å²) in [6, 6.07) is 6.50. The van der Waals surface area contributed by atoms with Crippen molar-refractivity contribution in [2.24, 2.45) is 0 Å². The van der Waals surface area contributed by atoms with Gasteiger partial charge in [0.1, 0.15) is 0 Å². The van der Waals surface area contributed by atoms with Crippen LogP contribution in [0.1, 0.15) is 23.1 Å². The van der Waals surface area contributed by atoms with E-state index in [4.69, 9.17) is 6.42 Å². The molecule has 0 atom stereocenters. The highest BCUT2D eigenvalue weighted by molar-refractivity contribution is 5.30. The van der Waals surface area contributed by atoms with Gasteiger partial charge in [-0.2, -0.15) is 0 Å². The molecule has 0 amide bonds. The fourth-order valence-corrected chi connectivity index (χ4v) is 1.28. The van der Waals surface area contributed by atoms with Gasteiger partial charge in [-0.1, -0.05) is 23.8 Å². The molecule has 0 saturated heterocycles. The average Bonchev–Trinajstić information content (AvgIpc) is 2.07. The third-order valence-corrected chi connectivity index (χ3v) is 2.04. The van der Waals surface area contributed by atoms with Gasteiger partial charge in [0, 0.05) is 6.42 Å². The first-order valence-electron chi connectivity index (χ1n) is 4.23. The summed E-state index contributed by atoms with van der Waals surface area (Å²) < 4.78 is 0. The number of rotatable bonds is 2. The van der Waals surface area contributed by atoms with Crippen LogP contribution in [0.4, 0.5) is 0 Å². The van der Waals surface area contributed by atoms with Gasteiger partial charge in [0.25, 0.3) is 0 Å². The van der Waals surface area contributed by atoms with Crippen LogP contribution < -0.4 is 0 Å². The normalized spacial score (nSPS) is 9.42. The molecular formula is C12H14. The maximum Gasteiger partial charge on any atom is 0.0127 e. The van der Waals surface area contributed by atoms with Gasteiger partial charge in [-0.05, 0) is 31.4 Å². The second kappa shape index (κ2) is 3.97. The summed E-state index contributed by atoms with van der Waals surface area (Å²) in [4.78, 5) is 0. The molecule has 0 unspecified atom stereocenters. The molecule has 1 rings (SSSR count). The quantitative estimate of drug-likeness (QED) is 0.580. The molecule has 0 aromatic heterocycles. The van der Waals surface area contributed by atoms with Crippen molar-refractivity contribution in [3.63, 3.8) is 0 Å². The monoisotopic (exact) mass is 158 g/mol. The van der Waals surface area contributed by atoms with Crippen molar-refractivity contribution in [3.8, 4) is 12.3 Å². The van der Waals surface area contributed by atoms with Crippen molar-refractivity contribution in [2.45, 2.75) is 26.7 Å². The predicted octanol–water partition coefficient (Wildman–Crippen LogP) is 2.87. The Kier molecular flexibility index (Phi) is 2.94. The lowest BCUT2D eigenvalue weighted by molar-refractivity contribution is 1.01. The Labute approximate surface area is 74.6 Å². The molecule has 0 nitrogen and oxygen atoms in total. The Balaban J connectivity index is 2.84. The molecular weight excluding hydrogens is 144 g/mol. The SMILES string of the molecule is C#CCCc1cc(C)ccc1C. The highest BCUT2D eigenvalue weighted by Crippen LogP contribution is 2.12. The molecule has 0 N–H and O–H groups in total. The van der Waals surface area contributed by atoms with Crippen LogP contribution in [0, 0.1) is 26.2 Å². The Morgan fingerprint density at radius 1 is 1.33 bits per heavy atom. The van der Waals surface area contributed by atoms with Crippen molar-refractivity contribution in [1.82, 2.24) is 0 Å². The second-order valence-electron chi connectivity index (χ2n) is 3.13. The summed E-state index contributed by atoms with van der Waals surface area (Å²) in [7, 11) is 0. The molecule has 1 aromatic rings. The van der Waals surface area contributed by atoms with Gasteiger partial charge < -0.3 is 0 Å². The van der Waals surface area contributed by atoms with E-state index in [9.17, 15) is 0 Å². The summed E-state index contributed by atoms with van der Waals surface area (Å²) in [5.41, 5.74) is 4.04. The number of aryl methyl sites for hydroxylation is 3. The van der Waals surface area contributed by atoms with Gasteiger partial charge >= 0.3 is 0 Å². The maximum absolute atomic E-state index is 5.21. The van der Waals surface area contributed by atoms with Crippen LogP contribution in [0.15, 0.2) is 18.2 Å². The van der Waals surface area contributed by atoms with E-state index in [2.05, 4.69) is 38.0 Å². The van der Waals surface area contributed by atoms with Crippen LogP contribution in [0.25, 0.3) is 0 Å². The Morgan fingerprint density at radius 3 is 2.75 bits per heavy atom. The predicted molar refractivity (Wildman–Crippen MR) is 53.1 cm³/mol. The van der Waals surface area contributed by atoms with Crippen molar-refractivity contribution in [1.29, 1.82) is 0 Å². The average molecular weight is 158 g/mol. The van der Waals surface area contributed by atoms with Gasteiger partial charge in [-0.25, -0.2) is 0 Å². The van der Waals surface area contributed by atoms with Crippen LogP contribution in [-0.2, 0) is 6.42 Å². The lowest BCUT2D eigenvalue weighted by atomic mass is 10.0. The molecule has 1 aromatic carbocycles. The zero-order chi connectivity index (χ0) is 8.97. The summed E-state index contributed by atoms with van der Waals surface area (Å²) >= 11 is 0. The third-order valence-electron chi connectivity index (χ3n) is 2.04. The Hall–Kier alpha value is -1.22. The molecule has 0 bridgehead atoms. The summed E-state index contributed by atoms with van der Waals surface area (Å²) in [5.74, 6) is 2.66. The molecule has 0 saturated carbocycles. The zero-order valence-electron chi connectivity index (χ0n) is 7.72. The van der Waals surface area contributed by atoms with Crippen molar-refractivity contribution in [3.05, 3.63) is 34.9 Å². The summed E-state index contributed by atoms with van der Waals surface area (Å²) in [6.45, 7) is 4.24. The van der Waals surface area contributed by atoms with Gasteiger partial charge in [0.2, 0.25) is 0 Å². The number of benzene rings is 1. The van der Waals surface area contributed by atoms with Crippen LogP contribution in [0.5, 0.6) is 0 Å². The minimum absolute atomic E-state index is 0.838. The standard InChI is InChI=1S/C12H14/c1-4-5-6-12-9-10(2)7-8-11(12)3/h1,7-9H,5-6H2,2-3H3. The molecule has 0 aliphatic heterocycles. The van der Waals surface area contributed by atoms with Crippen molar-refractivity contribution in [2.75, 3.05) is 0 Å². The minimum atomic E-state index is 0.838. The van der Waals surface area contributed by atoms with E-state index in [0.29, 0.717) is 0 Å². The van der Waals surface area contributed by atoms with E-state index in [-0.39, 0.29) is 0 Å². The molecule has 0 spiro atoms.